The fourth-order valence-electron chi connectivity index (χ4n) is 3.56. The summed E-state index contributed by atoms with van der Waals surface area (Å²) in [7, 11) is -1.43. The summed E-state index contributed by atoms with van der Waals surface area (Å²) >= 11 is 0. The van der Waals surface area contributed by atoms with Gasteiger partial charge >= 0.3 is 11.9 Å². The minimum Gasteiger partial charge on any atom is -0.465 e. The van der Waals surface area contributed by atoms with Crippen molar-refractivity contribution in [2.45, 2.75) is 36.8 Å². The highest BCUT2D eigenvalue weighted by atomic mass is 32.2. The van der Waals surface area contributed by atoms with Crippen LogP contribution in [0, 0.1) is 6.92 Å². The molecule has 1 saturated heterocycles. The van der Waals surface area contributed by atoms with Gasteiger partial charge in [0.05, 0.1) is 31.3 Å². The molecule has 1 heterocycles. The molecule has 0 spiro atoms. The van der Waals surface area contributed by atoms with E-state index in [2.05, 4.69) is 14.2 Å². The molecule has 0 aromatic heterocycles. The topological polar surface area (TPSA) is 108 Å². The Labute approximate surface area is 193 Å². The Morgan fingerprint density at radius 2 is 1.64 bits per heavy atom. The zero-order chi connectivity index (χ0) is 24.0. The number of carbonyl (C=O) groups excluding carboxylic acids is 2. The van der Waals surface area contributed by atoms with Crippen molar-refractivity contribution in [2.24, 2.45) is 0 Å². The van der Waals surface area contributed by atoms with Crippen LogP contribution in [0.25, 0.3) is 6.08 Å². The average molecular weight is 474 g/mol. The standard InChI is InChI=1S/C24H27NO7S/c1-16-6-12-19(13-7-16)33(28,29)25-22(21-5-4-14-32-21)18-10-8-17(9-11-18)15-20(23(26)30-2)24(27)31-3/h6-13,15,21-22,25H,4-5,14H2,1-3H3. The smallest absolute Gasteiger partial charge is 0.345 e. The van der Waals surface area contributed by atoms with Gasteiger partial charge in [-0.3, -0.25) is 0 Å². The molecule has 3 rings (SSSR count). The molecule has 2 atom stereocenters. The molecule has 33 heavy (non-hydrogen) atoms. The Balaban J connectivity index is 1.91. The molecule has 1 N–H and O–H groups in total. The molecule has 1 aliphatic heterocycles. The lowest BCUT2D eigenvalue weighted by molar-refractivity contribution is -0.143. The summed E-state index contributed by atoms with van der Waals surface area (Å²) in [5, 5.41) is 0. The maximum absolute atomic E-state index is 13.0. The van der Waals surface area contributed by atoms with E-state index in [0.29, 0.717) is 17.7 Å². The molecule has 1 aliphatic rings. The Bertz CT molecular complexity index is 1100. The molecule has 0 saturated carbocycles. The fraction of sp³-hybridized carbons (Fsp3) is 0.333. The summed E-state index contributed by atoms with van der Waals surface area (Å²) in [6.45, 7) is 2.46. The lowest BCUT2D eigenvalue weighted by Crippen LogP contribution is -2.36. The van der Waals surface area contributed by atoms with Crippen LogP contribution in [0.1, 0.15) is 35.6 Å². The monoisotopic (exact) mass is 473 g/mol. The number of esters is 2. The molecule has 8 nitrogen and oxygen atoms in total. The van der Waals surface area contributed by atoms with E-state index in [1.165, 1.54) is 20.3 Å². The third-order valence-electron chi connectivity index (χ3n) is 5.37. The van der Waals surface area contributed by atoms with E-state index >= 15 is 0 Å². The van der Waals surface area contributed by atoms with Crippen LogP contribution in [-0.2, 0) is 33.8 Å². The molecule has 9 heteroatoms. The first kappa shape index (κ1) is 24.6. The van der Waals surface area contributed by atoms with Crippen LogP contribution >= 0.6 is 0 Å². The molecule has 2 aromatic carbocycles. The Morgan fingerprint density at radius 1 is 1.03 bits per heavy atom. The third kappa shape index (κ3) is 6.07. The third-order valence-corrected chi connectivity index (χ3v) is 6.82. The number of nitrogens with one attached hydrogen (secondary N) is 1. The Morgan fingerprint density at radius 3 is 2.15 bits per heavy atom. The van der Waals surface area contributed by atoms with Gasteiger partial charge in [-0.15, -0.1) is 0 Å². The minimum atomic E-state index is -3.78. The van der Waals surface area contributed by atoms with Crippen LogP contribution in [0.2, 0.25) is 0 Å². The van der Waals surface area contributed by atoms with E-state index in [-0.39, 0.29) is 16.6 Å². The normalized spacial score (nSPS) is 16.6. The van der Waals surface area contributed by atoms with Crippen LogP contribution in [0.3, 0.4) is 0 Å². The molecule has 2 aromatic rings. The number of aryl methyl sites for hydroxylation is 1. The van der Waals surface area contributed by atoms with E-state index in [9.17, 15) is 18.0 Å². The highest BCUT2D eigenvalue weighted by Gasteiger charge is 2.31. The van der Waals surface area contributed by atoms with Crippen molar-refractivity contribution in [3.05, 3.63) is 70.8 Å². The van der Waals surface area contributed by atoms with Gasteiger partial charge in [0.1, 0.15) is 5.57 Å². The fourth-order valence-corrected chi connectivity index (χ4v) is 4.82. The van der Waals surface area contributed by atoms with Gasteiger partial charge in [0.2, 0.25) is 10.0 Å². The lowest BCUT2D eigenvalue weighted by Gasteiger charge is -2.25. The van der Waals surface area contributed by atoms with Gasteiger partial charge in [-0.1, -0.05) is 42.0 Å². The number of carbonyl (C=O) groups is 2. The highest BCUT2D eigenvalue weighted by Crippen LogP contribution is 2.29. The van der Waals surface area contributed by atoms with E-state index in [1.807, 2.05) is 6.92 Å². The number of hydrogen-bond acceptors (Lipinski definition) is 7. The highest BCUT2D eigenvalue weighted by molar-refractivity contribution is 7.89. The number of benzene rings is 2. The second kappa shape index (κ2) is 10.7. The summed E-state index contributed by atoms with van der Waals surface area (Å²) < 4.78 is 43.9. The van der Waals surface area contributed by atoms with E-state index < -0.39 is 28.0 Å². The summed E-state index contributed by atoms with van der Waals surface area (Å²) in [6.07, 6.45) is 2.61. The van der Waals surface area contributed by atoms with Gasteiger partial charge in [0.15, 0.2) is 0 Å². The van der Waals surface area contributed by atoms with Crippen LogP contribution in [0.4, 0.5) is 0 Å². The summed E-state index contributed by atoms with van der Waals surface area (Å²) in [5.41, 5.74) is 1.97. The molecule has 176 valence electrons. The summed E-state index contributed by atoms with van der Waals surface area (Å²) in [4.78, 5) is 24.0. The quantitative estimate of drug-likeness (QED) is 0.272. The largest absolute Gasteiger partial charge is 0.465 e. The van der Waals surface area contributed by atoms with Crippen LogP contribution in [0.15, 0.2) is 59.0 Å². The number of hydrogen-bond donors (Lipinski definition) is 1. The molecular formula is C24H27NO7S. The van der Waals surface area contributed by atoms with E-state index in [4.69, 9.17) is 4.74 Å². The summed E-state index contributed by atoms with van der Waals surface area (Å²) in [5.74, 6) is -1.62. The molecular weight excluding hydrogens is 446 g/mol. The predicted octanol–water partition coefficient (Wildman–Crippen LogP) is 2.92. The lowest BCUT2D eigenvalue weighted by atomic mass is 9.98. The molecule has 1 fully saturated rings. The maximum atomic E-state index is 13.0. The number of ether oxygens (including phenoxy) is 3. The zero-order valence-corrected chi connectivity index (χ0v) is 19.6. The first-order chi connectivity index (χ1) is 15.7. The van der Waals surface area contributed by atoms with Gasteiger partial charge in [0.25, 0.3) is 0 Å². The first-order valence-electron chi connectivity index (χ1n) is 10.4. The Hall–Kier alpha value is -3.01. The van der Waals surface area contributed by atoms with Gasteiger partial charge in [0, 0.05) is 6.61 Å². The average Bonchev–Trinajstić information content (AvgIpc) is 3.35. The van der Waals surface area contributed by atoms with E-state index in [0.717, 1.165) is 18.4 Å². The van der Waals surface area contributed by atoms with Crippen molar-refractivity contribution in [2.75, 3.05) is 20.8 Å². The van der Waals surface area contributed by atoms with Crippen molar-refractivity contribution in [3.63, 3.8) is 0 Å². The van der Waals surface area contributed by atoms with Gasteiger partial charge in [-0.05, 0) is 49.1 Å². The van der Waals surface area contributed by atoms with Crippen molar-refractivity contribution in [1.82, 2.24) is 4.72 Å². The molecule has 0 amide bonds. The van der Waals surface area contributed by atoms with Crippen molar-refractivity contribution in [3.8, 4) is 0 Å². The Kier molecular flexibility index (Phi) is 8.01. The first-order valence-corrected chi connectivity index (χ1v) is 11.9. The maximum Gasteiger partial charge on any atom is 0.345 e. The zero-order valence-electron chi connectivity index (χ0n) is 18.7. The number of rotatable bonds is 8. The summed E-state index contributed by atoms with van der Waals surface area (Å²) in [6, 6.07) is 12.9. The van der Waals surface area contributed by atoms with Crippen LogP contribution < -0.4 is 4.72 Å². The SMILES string of the molecule is COC(=O)C(=Cc1ccc(C(NS(=O)(=O)c2ccc(C)cc2)C2CCCO2)cc1)C(=O)OC. The second-order valence-electron chi connectivity index (χ2n) is 7.67. The van der Waals surface area contributed by atoms with Crippen molar-refractivity contribution < 1.29 is 32.2 Å². The van der Waals surface area contributed by atoms with Crippen molar-refractivity contribution >= 4 is 28.0 Å². The van der Waals surface area contributed by atoms with Crippen LogP contribution in [0.5, 0.6) is 0 Å². The second-order valence-corrected chi connectivity index (χ2v) is 9.39. The van der Waals surface area contributed by atoms with Gasteiger partial charge < -0.3 is 14.2 Å². The minimum absolute atomic E-state index is 0.177. The van der Waals surface area contributed by atoms with E-state index in [1.54, 1.807) is 48.5 Å². The number of methoxy groups -OCH3 is 2. The van der Waals surface area contributed by atoms with Crippen LogP contribution in [-0.4, -0.2) is 47.3 Å². The van der Waals surface area contributed by atoms with Gasteiger partial charge in [-0.25, -0.2) is 22.7 Å². The van der Waals surface area contributed by atoms with Crippen molar-refractivity contribution in [1.29, 1.82) is 0 Å². The predicted molar refractivity (Wildman–Crippen MR) is 122 cm³/mol. The molecule has 0 aliphatic carbocycles. The molecule has 0 radical (unpaired) electrons. The molecule has 0 bridgehead atoms. The number of sulfonamides is 1. The molecule has 2 unspecified atom stereocenters. The van der Waals surface area contributed by atoms with Gasteiger partial charge in [-0.2, -0.15) is 0 Å².